The van der Waals surface area contributed by atoms with Gasteiger partial charge in [0.1, 0.15) is 24.0 Å². The molecule has 0 aliphatic carbocycles. The Balaban J connectivity index is 1.81. The Morgan fingerprint density at radius 1 is 1.05 bits per heavy atom. The van der Waals surface area contributed by atoms with Gasteiger partial charge in [-0.2, -0.15) is 0 Å². The Kier molecular flexibility index (Phi) is 4.58. The van der Waals surface area contributed by atoms with Crippen molar-refractivity contribution < 1.29 is 13.5 Å². The van der Waals surface area contributed by atoms with Crippen molar-refractivity contribution in [1.29, 1.82) is 0 Å². The number of nitrogens with one attached hydrogen (secondary N) is 1. The van der Waals surface area contributed by atoms with Crippen molar-refractivity contribution in [1.82, 2.24) is 0 Å². The fraction of sp³-hybridized carbons (Fsp3) is 0.143. The zero-order valence-corrected chi connectivity index (χ0v) is 10.8. The molecule has 0 saturated heterocycles. The fourth-order valence-corrected chi connectivity index (χ4v) is 1.77. The van der Waals surface area contributed by atoms with Crippen LogP contribution in [0.4, 0.5) is 14.5 Å². The van der Waals surface area contributed by atoms with E-state index in [2.05, 4.69) is 5.32 Å². The predicted molar refractivity (Wildman–Crippen MR) is 71.8 cm³/mol. The molecular formula is C14H12ClF2NO. The quantitative estimate of drug-likeness (QED) is 0.834. The van der Waals surface area contributed by atoms with Gasteiger partial charge in [0.15, 0.2) is 0 Å². The molecule has 0 aliphatic rings. The number of benzene rings is 2. The number of anilines is 1. The van der Waals surface area contributed by atoms with Crippen molar-refractivity contribution >= 4 is 17.3 Å². The Morgan fingerprint density at radius 2 is 1.84 bits per heavy atom. The molecule has 0 spiro atoms. The summed E-state index contributed by atoms with van der Waals surface area (Å²) in [5.74, 6) is -0.285. The van der Waals surface area contributed by atoms with E-state index in [0.29, 0.717) is 24.6 Å². The zero-order chi connectivity index (χ0) is 13.7. The minimum Gasteiger partial charge on any atom is -0.490 e. The third-order valence-electron chi connectivity index (χ3n) is 2.41. The van der Waals surface area contributed by atoms with Gasteiger partial charge in [0.05, 0.1) is 5.02 Å². The summed E-state index contributed by atoms with van der Waals surface area (Å²) in [5, 5.41) is 3.23. The molecule has 0 amide bonds. The first-order valence-electron chi connectivity index (χ1n) is 5.72. The van der Waals surface area contributed by atoms with Crippen molar-refractivity contribution in [2.75, 3.05) is 18.5 Å². The lowest BCUT2D eigenvalue weighted by Crippen LogP contribution is -2.11. The van der Waals surface area contributed by atoms with E-state index < -0.39 is 5.82 Å². The number of hydrogen-bond donors (Lipinski definition) is 1. The highest BCUT2D eigenvalue weighted by atomic mass is 35.5. The van der Waals surface area contributed by atoms with Crippen molar-refractivity contribution in [3.8, 4) is 5.75 Å². The molecule has 5 heteroatoms. The minimum atomic E-state index is -0.407. The van der Waals surface area contributed by atoms with Gasteiger partial charge in [0, 0.05) is 12.2 Å². The van der Waals surface area contributed by atoms with Crippen LogP contribution in [0.15, 0.2) is 42.5 Å². The van der Waals surface area contributed by atoms with E-state index in [1.165, 1.54) is 30.3 Å². The van der Waals surface area contributed by atoms with Crippen LogP contribution in [0.5, 0.6) is 5.75 Å². The van der Waals surface area contributed by atoms with Crippen molar-refractivity contribution in [2.45, 2.75) is 0 Å². The summed E-state index contributed by atoms with van der Waals surface area (Å²) < 4.78 is 31.1. The van der Waals surface area contributed by atoms with E-state index in [-0.39, 0.29) is 10.8 Å². The molecule has 0 atom stereocenters. The van der Waals surface area contributed by atoms with Crippen molar-refractivity contribution in [2.24, 2.45) is 0 Å². The highest BCUT2D eigenvalue weighted by Crippen LogP contribution is 2.24. The molecule has 100 valence electrons. The molecule has 0 fully saturated rings. The molecule has 0 radical (unpaired) electrons. The van der Waals surface area contributed by atoms with Crippen LogP contribution in [0, 0.1) is 11.6 Å². The van der Waals surface area contributed by atoms with Gasteiger partial charge in [-0.05, 0) is 36.4 Å². The molecule has 0 unspecified atom stereocenters. The summed E-state index contributed by atoms with van der Waals surface area (Å²) in [4.78, 5) is 0. The number of hydrogen-bond acceptors (Lipinski definition) is 2. The van der Waals surface area contributed by atoms with Crippen molar-refractivity contribution in [3.63, 3.8) is 0 Å². The lowest BCUT2D eigenvalue weighted by Gasteiger charge is -2.09. The van der Waals surface area contributed by atoms with Gasteiger partial charge in [-0.15, -0.1) is 0 Å². The summed E-state index contributed by atoms with van der Waals surface area (Å²) >= 11 is 5.81. The number of ether oxygens (including phenoxy) is 1. The summed E-state index contributed by atoms with van der Waals surface area (Å²) in [6.45, 7) is 0.818. The molecule has 0 aromatic heterocycles. The molecule has 0 saturated carbocycles. The Labute approximate surface area is 115 Å². The maximum Gasteiger partial charge on any atom is 0.138 e. The van der Waals surface area contributed by atoms with Crippen LogP contribution in [-0.2, 0) is 0 Å². The zero-order valence-electron chi connectivity index (χ0n) is 10.00. The number of halogens is 3. The average molecular weight is 284 g/mol. The standard InChI is InChI=1S/C14H12ClF2NO/c15-13-9-11(17)4-5-14(13)19-7-6-18-12-3-1-2-10(16)8-12/h1-5,8-9,18H,6-7H2. The van der Waals surface area contributed by atoms with Gasteiger partial charge in [-0.25, -0.2) is 8.78 Å². The second-order valence-electron chi connectivity index (χ2n) is 3.86. The summed E-state index contributed by atoms with van der Waals surface area (Å²) in [5.41, 5.74) is 0.675. The van der Waals surface area contributed by atoms with Crippen LogP contribution >= 0.6 is 11.6 Å². The average Bonchev–Trinajstić information content (AvgIpc) is 2.37. The van der Waals surface area contributed by atoms with Crippen LogP contribution < -0.4 is 10.1 Å². The third kappa shape index (κ3) is 4.10. The Morgan fingerprint density at radius 3 is 2.58 bits per heavy atom. The summed E-state index contributed by atoms with van der Waals surface area (Å²) in [6, 6.07) is 10.1. The molecule has 2 nitrogen and oxygen atoms in total. The monoisotopic (exact) mass is 283 g/mol. The van der Waals surface area contributed by atoms with E-state index in [1.54, 1.807) is 12.1 Å². The third-order valence-corrected chi connectivity index (χ3v) is 2.70. The summed E-state index contributed by atoms with van der Waals surface area (Å²) in [7, 11) is 0. The normalized spacial score (nSPS) is 10.3. The molecule has 0 aliphatic heterocycles. The highest BCUT2D eigenvalue weighted by molar-refractivity contribution is 6.32. The van der Waals surface area contributed by atoms with Crippen LogP contribution in [0.25, 0.3) is 0 Å². The number of rotatable bonds is 5. The first kappa shape index (κ1) is 13.6. The molecule has 2 rings (SSSR count). The van der Waals surface area contributed by atoms with Crippen molar-refractivity contribution in [3.05, 3.63) is 59.1 Å². The van der Waals surface area contributed by atoms with E-state index in [0.717, 1.165) is 0 Å². The van der Waals surface area contributed by atoms with Crippen LogP contribution in [0.2, 0.25) is 5.02 Å². The van der Waals surface area contributed by atoms with Crippen LogP contribution in [-0.4, -0.2) is 13.2 Å². The van der Waals surface area contributed by atoms with E-state index >= 15 is 0 Å². The van der Waals surface area contributed by atoms with E-state index in [4.69, 9.17) is 16.3 Å². The van der Waals surface area contributed by atoms with Gasteiger partial charge in [0.2, 0.25) is 0 Å². The molecule has 1 N–H and O–H groups in total. The molecular weight excluding hydrogens is 272 g/mol. The molecule has 2 aromatic carbocycles. The Hall–Kier alpha value is -1.81. The van der Waals surface area contributed by atoms with E-state index in [9.17, 15) is 8.78 Å². The predicted octanol–water partition coefficient (Wildman–Crippen LogP) is 4.11. The van der Waals surface area contributed by atoms with Crippen LogP contribution in [0.3, 0.4) is 0 Å². The SMILES string of the molecule is Fc1cccc(NCCOc2ccc(F)cc2Cl)c1. The molecule has 19 heavy (non-hydrogen) atoms. The second-order valence-corrected chi connectivity index (χ2v) is 4.27. The lowest BCUT2D eigenvalue weighted by molar-refractivity contribution is 0.332. The first-order chi connectivity index (χ1) is 9.15. The lowest BCUT2D eigenvalue weighted by atomic mass is 10.3. The van der Waals surface area contributed by atoms with Crippen LogP contribution in [0.1, 0.15) is 0 Å². The maximum absolute atomic E-state index is 12.9. The second kappa shape index (κ2) is 6.38. The van der Waals surface area contributed by atoms with Gasteiger partial charge in [-0.1, -0.05) is 17.7 Å². The summed E-state index contributed by atoms with van der Waals surface area (Å²) in [6.07, 6.45) is 0. The maximum atomic E-state index is 12.9. The van der Waals surface area contributed by atoms with Gasteiger partial charge in [0.25, 0.3) is 0 Å². The van der Waals surface area contributed by atoms with E-state index in [1.807, 2.05) is 0 Å². The highest BCUT2D eigenvalue weighted by Gasteiger charge is 2.02. The van der Waals surface area contributed by atoms with Gasteiger partial charge < -0.3 is 10.1 Å². The topological polar surface area (TPSA) is 21.3 Å². The molecule has 2 aromatic rings. The van der Waals surface area contributed by atoms with Gasteiger partial charge in [-0.3, -0.25) is 0 Å². The molecule has 0 bridgehead atoms. The Bertz CT molecular complexity index is 563. The first-order valence-corrected chi connectivity index (χ1v) is 6.10. The minimum absolute atomic E-state index is 0.228. The van der Waals surface area contributed by atoms with Gasteiger partial charge >= 0.3 is 0 Å². The fourth-order valence-electron chi connectivity index (χ4n) is 1.55. The molecule has 0 heterocycles. The smallest absolute Gasteiger partial charge is 0.138 e. The largest absolute Gasteiger partial charge is 0.490 e.